The van der Waals surface area contributed by atoms with Gasteiger partial charge in [-0.3, -0.25) is 14.2 Å². The van der Waals surface area contributed by atoms with Crippen molar-refractivity contribution in [3.8, 4) is 0 Å². The van der Waals surface area contributed by atoms with Crippen molar-refractivity contribution in [2.45, 2.75) is 322 Å². The number of phosphoric ester groups is 1. The first-order chi connectivity index (χ1) is 39.9. The Balaban J connectivity index is 5.18. The number of amides is 1. The molecule has 1 amide bonds. The summed E-state index contributed by atoms with van der Waals surface area (Å²) in [6.45, 7) is 6.72. The minimum absolute atomic E-state index is 0.0329. The quantitative estimate of drug-likeness (QED) is 0.0212. The molecule has 0 saturated carbocycles. The largest absolute Gasteiger partial charge is 0.756 e. The fraction of sp³-hybridized carbons (Fsp3) is 0.778. The highest BCUT2D eigenvalue weighted by atomic mass is 31.2. The number of hydrogen-bond donors (Lipinski definition) is 1. The molecule has 1 N–H and O–H groups in total. The second-order valence-corrected chi connectivity index (χ2v) is 25.7. The summed E-state index contributed by atoms with van der Waals surface area (Å²) < 4.78 is 30.4. The SMILES string of the molecule is CC/C=C\C/C=C\C/C=C\C/C=C\C/C=C\C/C=C\CCCCC(=O)NC(COP(=O)([O-])OCC[N+](C)(C)C)C(/C=C/CCCCCCCCCCCC)OC(=O)CCCCCCCCCCCCCCCCCCCCCCCCC. The van der Waals surface area contributed by atoms with Crippen LogP contribution in [0.3, 0.4) is 0 Å². The van der Waals surface area contributed by atoms with E-state index in [0.717, 1.165) is 89.9 Å². The molecule has 0 fully saturated rings. The number of allylic oxidation sites excluding steroid dienone is 13. The molecule has 9 nitrogen and oxygen atoms in total. The zero-order valence-corrected chi connectivity index (χ0v) is 55.3. The van der Waals surface area contributed by atoms with E-state index in [4.69, 9.17) is 13.8 Å². The maximum Gasteiger partial charge on any atom is 0.306 e. The van der Waals surface area contributed by atoms with Gasteiger partial charge in [-0.1, -0.05) is 299 Å². The Morgan fingerprint density at radius 1 is 0.439 bits per heavy atom. The van der Waals surface area contributed by atoms with E-state index in [1.54, 1.807) is 0 Å². The molecular weight excluding hydrogens is 1040 g/mol. The van der Waals surface area contributed by atoms with Crippen molar-refractivity contribution in [3.63, 3.8) is 0 Å². The van der Waals surface area contributed by atoms with Crippen molar-refractivity contribution in [1.29, 1.82) is 0 Å². The molecule has 0 saturated heterocycles. The molecule has 0 spiro atoms. The first-order valence-electron chi connectivity index (χ1n) is 34.4. The molecule has 82 heavy (non-hydrogen) atoms. The van der Waals surface area contributed by atoms with E-state index in [0.29, 0.717) is 17.4 Å². The summed E-state index contributed by atoms with van der Waals surface area (Å²) in [6.07, 6.45) is 81.4. The van der Waals surface area contributed by atoms with Gasteiger partial charge in [-0.15, -0.1) is 0 Å². The number of hydrogen-bond acceptors (Lipinski definition) is 7. The van der Waals surface area contributed by atoms with E-state index in [1.807, 2.05) is 33.3 Å². The molecule has 3 atom stereocenters. The van der Waals surface area contributed by atoms with Gasteiger partial charge in [-0.25, -0.2) is 0 Å². The van der Waals surface area contributed by atoms with Crippen LogP contribution in [0.25, 0.3) is 0 Å². The van der Waals surface area contributed by atoms with Crippen molar-refractivity contribution in [3.05, 3.63) is 85.1 Å². The van der Waals surface area contributed by atoms with E-state index >= 15 is 0 Å². The Morgan fingerprint density at radius 2 is 0.780 bits per heavy atom. The van der Waals surface area contributed by atoms with Gasteiger partial charge in [0.1, 0.15) is 19.3 Å². The Morgan fingerprint density at radius 3 is 1.18 bits per heavy atom. The number of ether oxygens (including phenoxy) is 1. The van der Waals surface area contributed by atoms with Crippen LogP contribution in [0.5, 0.6) is 0 Å². The van der Waals surface area contributed by atoms with Crippen molar-refractivity contribution in [1.82, 2.24) is 5.32 Å². The third-order valence-corrected chi connectivity index (χ3v) is 16.1. The Labute approximate surface area is 507 Å². The van der Waals surface area contributed by atoms with E-state index in [1.165, 1.54) is 180 Å². The Hall–Kier alpha value is -2.81. The third kappa shape index (κ3) is 61.7. The number of quaternary nitrogens is 1. The molecule has 476 valence electrons. The minimum atomic E-state index is -4.72. The lowest BCUT2D eigenvalue weighted by atomic mass is 10.0. The molecule has 0 radical (unpaired) electrons. The molecule has 0 aliphatic rings. The molecule has 0 bridgehead atoms. The minimum Gasteiger partial charge on any atom is -0.756 e. The van der Waals surface area contributed by atoms with Crippen molar-refractivity contribution in [2.24, 2.45) is 0 Å². The number of carbonyl (C=O) groups is 2. The molecule has 0 heterocycles. The lowest BCUT2D eigenvalue weighted by Crippen LogP contribution is -2.47. The lowest BCUT2D eigenvalue weighted by molar-refractivity contribution is -0.870. The first-order valence-corrected chi connectivity index (χ1v) is 35.9. The second kappa shape index (κ2) is 61.3. The number of esters is 1. The predicted octanol–water partition coefficient (Wildman–Crippen LogP) is 21.1. The second-order valence-electron chi connectivity index (χ2n) is 24.3. The maximum atomic E-state index is 13.6. The van der Waals surface area contributed by atoms with Crippen molar-refractivity contribution in [2.75, 3.05) is 40.9 Å². The average molecular weight is 1170 g/mol. The average Bonchev–Trinajstić information content (AvgIpc) is 3.44. The summed E-state index contributed by atoms with van der Waals surface area (Å²) in [6, 6.07) is -0.914. The predicted molar refractivity (Wildman–Crippen MR) is 353 cm³/mol. The van der Waals surface area contributed by atoms with E-state index in [-0.39, 0.29) is 31.3 Å². The highest BCUT2D eigenvalue weighted by Crippen LogP contribution is 2.38. The Bertz CT molecular complexity index is 1680. The summed E-state index contributed by atoms with van der Waals surface area (Å²) in [5, 5.41) is 3.01. The van der Waals surface area contributed by atoms with Crippen LogP contribution in [0.4, 0.5) is 0 Å². The van der Waals surface area contributed by atoms with Crippen LogP contribution in [0, 0.1) is 0 Å². The summed E-state index contributed by atoms with van der Waals surface area (Å²) in [5.74, 6) is -0.584. The number of unbranched alkanes of at least 4 members (excludes halogenated alkanes) is 34. The van der Waals surface area contributed by atoms with Crippen LogP contribution >= 0.6 is 7.82 Å². The number of likely N-dealkylation sites (N-methyl/N-ethyl adjacent to an activating group) is 1. The molecule has 0 aromatic rings. The van der Waals surface area contributed by atoms with Crippen LogP contribution < -0.4 is 10.2 Å². The molecule has 0 aliphatic heterocycles. The van der Waals surface area contributed by atoms with Gasteiger partial charge in [-0.05, 0) is 83.1 Å². The molecule has 0 aliphatic carbocycles. The van der Waals surface area contributed by atoms with Crippen LogP contribution in [-0.4, -0.2) is 69.4 Å². The maximum absolute atomic E-state index is 13.6. The summed E-state index contributed by atoms with van der Waals surface area (Å²) in [5.41, 5.74) is 0. The fourth-order valence-corrected chi connectivity index (χ4v) is 10.5. The molecule has 0 aromatic carbocycles. The zero-order chi connectivity index (χ0) is 60.0. The molecule has 0 aromatic heterocycles. The van der Waals surface area contributed by atoms with Crippen molar-refractivity contribution >= 4 is 19.7 Å². The van der Waals surface area contributed by atoms with E-state index < -0.39 is 26.6 Å². The zero-order valence-electron chi connectivity index (χ0n) is 54.4. The molecular formula is C72H131N2O7P. The summed E-state index contributed by atoms with van der Waals surface area (Å²) >= 11 is 0. The number of nitrogens with one attached hydrogen (secondary N) is 1. The van der Waals surface area contributed by atoms with Gasteiger partial charge < -0.3 is 28.5 Å². The monoisotopic (exact) mass is 1170 g/mol. The van der Waals surface area contributed by atoms with E-state index in [2.05, 4.69) is 99.0 Å². The standard InChI is InChI=1S/C72H131N2O7P/c1-7-10-13-16-19-22-25-28-30-32-34-36-37-39-41-43-45-47-50-53-56-59-62-65-72(76)81-70(63-60-57-54-51-48-27-24-21-18-15-12-9-3)69(68-80-82(77,78)79-67-66-74(4,5)6)73-71(75)64-61-58-55-52-49-46-44-42-40-38-35-33-31-29-26-23-20-17-14-11-8-2/h11,14,20,23,29,31,35,38,42,44,49,52,60,63,69-70H,7-10,12-13,15-19,21-22,24-28,30,32-34,36-37,39-41,43,45-48,50-51,53-59,61-62,64-68H2,1-6H3,(H-,73,75,77,78)/b14-11-,23-20-,31-29-,38-35-,44-42-,52-49-,63-60+. The lowest BCUT2D eigenvalue weighted by Gasteiger charge is -2.30. The van der Waals surface area contributed by atoms with E-state index in [9.17, 15) is 19.0 Å². The third-order valence-electron chi connectivity index (χ3n) is 15.1. The summed E-state index contributed by atoms with van der Waals surface area (Å²) in [4.78, 5) is 40.1. The van der Waals surface area contributed by atoms with Gasteiger partial charge in [0.05, 0.1) is 33.8 Å². The van der Waals surface area contributed by atoms with Crippen LogP contribution in [0.1, 0.15) is 310 Å². The van der Waals surface area contributed by atoms with Crippen molar-refractivity contribution < 1.29 is 37.3 Å². The smallest absolute Gasteiger partial charge is 0.306 e. The van der Waals surface area contributed by atoms with Crippen LogP contribution in [0.15, 0.2) is 85.1 Å². The summed E-state index contributed by atoms with van der Waals surface area (Å²) in [7, 11) is 1.16. The number of phosphoric acid groups is 1. The molecule has 3 unspecified atom stereocenters. The molecule has 0 rings (SSSR count). The topological polar surface area (TPSA) is 114 Å². The van der Waals surface area contributed by atoms with Crippen LogP contribution in [0.2, 0.25) is 0 Å². The molecule has 10 heteroatoms. The Kier molecular flexibility index (Phi) is 59.2. The van der Waals surface area contributed by atoms with Gasteiger partial charge in [0.2, 0.25) is 5.91 Å². The van der Waals surface area contributed by atoms with Gasteiger partial charge >= 0.3 is 5.97 Å². The van der Waals surface area contributed by atoms with Crippen LogP contribution in [-0.2, 0) is 27.9 Å². The number of nitrogens with zero attached hydrogens (tertiary/aromatic N) is 1. The normalized spacial score (nSPS) is 14.1. The highest BCUT2D eigenvalue weighted by Gasteiger charge is 2.27. The highest BCUT2D eigenvalue weighted by molar-refractivity contribution is 7.45. The van der Waals surface area contributed by atoms with Gasteiger partial charge in [0.25, 0.3) is 7.82 Å². The number of rotatable bonds is 62. The van der Waals surface area contributed by atoms with Gasteiger partial charge in [0, 0.05) is 12.8 Å². The number of carbonyl (C=O) groups excluding carboxylic acids is 2. The van der Waals surface area contributed by atoms with Gasteiger partial charge in [-0.2, -0.15) is 0 Å². The first kappa shape index (κ1) is 79.2. The fourth-order valence-electron chi connectivity index (χ4n) is 9.82. The van der Waals surface area contributed by atoms with Gasteiger partial charge in [0.15, 0.2) is 0 Å².